The average Bonchev–Trinajstić information content (AvgIpc) is 2.06. The van der Waals surface area contributed by atoms with Crippen LogP contribution in [-0.4, -0.2) is 8.42 Å². The molecule has 0 N–H and O–H groups in total. The molecule has 0 radical (unpaired) electrons. The van der Waals surface area contributed by atoms with Crippen molar-refractivity contribution < 1.29 is 8.42 Å². The molecule has 0 atom stereocenters. The number of rotatable bonds is 2. The van der Waals surface area contributed by atoms with Crippen LogP contribution in [0.4, 0.5) is 0 Å². The minimum Gasteiger partial charge on any atom is -0.207 e. The van der Waals surface area contributed by atoms with Crippen molar-refractivity contribution in [2.75, 3.05) is 0 Å². The van der Waals surface area contributed by atoms with Crippen LogP contribution >= 0.6 is 26.6 Å². The van der Waals surface area contributed by atoms with Gasteiger partial charge in [-0.1, -0.05) is 29.8 Å². The van der Waals surface area contributed by atoms with Crippen molar-refractivity contribution >= 4 is 35.7 Å². The van der Waals surface area contributed by atoms with Gasteiger partial charge in [-0.05, 0) is 36.1 Å². The van der Waals surface area contributed by atoms with Gasteiger partial charge >= 0.3 is 0 Å². The van der Waals surface area contributed by atoms with Gasteiger partial charge in [0.25, 0.3) is 9.05 Å². The normalized spacial score (nSPS) is 12.1. The first kappa shape index (κ1) is 13.0. The summed E-state index contributed by atoms with van der Waals surface area (Å²) < 4.78 is 23.6. The maximum atomic E-state index is 11.4. The van der Waals surface area contributed by atoms with Crippen molar-refractivity contribution in [1.29, 1.82) is 0 Å². The quantitative estimate of drug-likeness (QED) is 0.778. The molecule has 0 amide bonds. The molecule has 0 aliphatic carbocycles. The van der Waals surface area contributed by atoms with Gasteiger partial charge in [-0.15, -0.1) is 0 Å². The Hall–Kier alpha value is -0.0600. The Morgan fingerprint density at radius 2 is 1.87 bits per heavy atom. The Kier molecular flexibility index (Phi) is 3.85. The highest BCUT2D eigenvalue weighted by molar-refractivity contribution is 9.10. The van der Waals surface area contributed by atoms with E-state index in [1.165, 1.54) is 0 Å². The molecule has 0 fully saturated rings. The molecule has 0 saturated carbocycles. The second kappa shape index (κ2) is 4.44. The van der Waals surface area contributed by atoms with Crippen molar-refractivity contribution in [2.24, 2.45) is 0 Å². The van der Waals surface area contributed by atoms with Crippen LogP contribution in [0.5, 0.6) is 0 Å². The smallest absolute Gasteiger partial charge is 0.207 e. The molecule has 1 aromatic rings. The molecule has 5 heteroatoms. The van der Waals surface area contributed by atoms with Crippen molar-refractivity contribution in [3.8, 4) is 0 Å². The Morgan fingerprint density at radius 1 is 1.33 bits per heavy atom. The molecule has 1 aromatic carbocycles. The third-order valence-corrected chi connectivity index (χ3v) is 4.41. The van der Waals surface area contributed by atoms with E-state index in [2.05, 4.69) is 15.9 Å². The minimum absolute atomic E-state index is 0.116. The van der Waals surface area contributed by atoms with Crippen LogP contribution in [0.2, 0.25) is 0 Å². The van der Waals surface area contributed by atoms with E-state index >= 15 is 0 Å². The molecular weight excluding hydrogens is 300 g/mol. The van der Waals surface area contributed by atoms with Gasteiger partial charge in [0.15, 0.2) is 0 Å². The van der Waals surface area contributed by atoms with Gasteiger partial charge in [0.1, 0.15) is 0 Å². The maximum Gasteiger partial charge on any atom is 0.261 e. The van der Waals surface area contributed by atoms with Gasteiger partial charge in [-0.25, -0.2) is 8.42 Å². The standard InChI is InChI=1S/C10H12BrClO2S/c1-6(2)8-5-9(11)7(3)4-10(8)15(12,13)14/h4-6H,1-3H3. The topological polar surface area (TPSA) is 34.1 Å². The summed E-state index contributed by atoms with van der Waals surface area (Å²) in [6.45, 7) is 5.70. The van der Waals surface area contributed by atoms with Crippen LogP contribution in [0.15, 0.2) is 21.5 Å². The molecule has 84 valence electrons. The number of hydrogen-bond acceptors (Lipinski definition) is 2. The van der Waals surface area contributed by atoms with Crippen LogP contribution in [0, 0.1) is 6.92 Å². The zero-order valence-electron chi connectivity index (χ0n) is 8.71. The van der Waals surface area contributed by atoms with E-state index in [9.17, 15) is 8.42 Å². The molecule has 0 heterocycles. The van der Waals surface area contributed by atoms with Crippen LogP contribution in [-0.2, 0) is 9.05 Å². The molecule has 1 rings (SSSR count). The molecule has 0 spiro atoms. The van der Waals surface area contributed by atoms with Crippen LogP contribution < -0.4 is 0 Å². The Morgan fingerprint density at radius 3 is 2.27 bits per heavy atom. The summed E-state index contributed by atoms with van der Waals surface area (Å²) in [6, 6.07) is 3.41. The fraction of sp³-hybridized carbons (Fsp3) is 0.400. The highest BCUT2D eigenvalue weighted by Gasteiger charge is 2.19. The summed E-state index contributed by atoms with van der Waals surface area (Å²) in [4.78, 5) is 0.208. The summed E-state index contributed by atoms with van der Waals surface area (Å²) in [5, 5.41) is 0. The second-order valence-corrected chi connectivity index (χ2v) is 7.12. The number of aryl methyl sites for hydroxylation is 1. The van der Waals surface area contributed by atoms with E-state index in [1.54, 1.807) is 6.07 Å². The van der Waals surface area contributed by atoms with Crippen LogP contribution in [0.25, 0.3) is 0 Å². The second-order valence-electron chi connectivity index (χ2n) is 3.73. The highest BCUT2D eigenvalue weighted by atomic mass is 79.9. The lowest BCUT2D eigenvalue weighted by atomic mass is 10.0. The third kappa shape index (κ3) is 2.95. The lowest BCUT2D eigenvalue weighted by molar-refractivity contribution is 0.607. The zero-order chi connectivity index (χ0) is 11.8. The van der Waals surface area contributed by atoms with E-state index < -0.39 is 9.05 Å². The fourth-order valence-corrected chi connectivity index (χ4v) is 2.99. The summed E-state index contributed by atoms with van der Waals surface area (Å²) in [5.74, 6) is 0.116. The fourth-order valence-electron chi connectivity index (χ4n) is 1.33. The molecular formula is C10H12BrClO2S. The van der Waals surface area contributed by atoms with Crippen LogP contribution in [0.3, 0.4) is 0 Å². The Bertz CT molecular complexity index is 480. The third-order valence-electron chi connectivity index (χ3n) is 2.18. The van der Waals surface area contributed by atoms with Gasteiger partial charge in [0.05, 0.1) is 4.90 Å². The predicted octanol–water partition coefficient (Wildman–Crippen LogP) is 3.81. The monoisotopic (exact) mass is 310 g/mol. The van der Waals surface area contributed by atoms with Crippen molar-refractivity contribution in [1.82, 2.24) is 0 Å². The number of benzene rings is 1. The van der Waals surface area contributed by atoms with Crippen molar-refractivity contribution in [3.05, 3.63) is 27.7 Å². The van der Waals surface area contributed by atoms with E-state index in [4.69, 9.17) is 10.7 Å². The van der Waals surface area contributed by atoms with E-state index in [-0.39, 0.29) is 10.8 Å². The van der Waals surface area contributed by atoms with Crippen LogP contribution in [0.1, 0.15) is 30.9 Å². The summed E-state index contributed by atoms with van der Waals surface area (Å²) in [7, 11) is 1.72. The van der Waals surface area contributed by atoms with Gasteiger partial charge < -0.3 is 0 Å². The maximum absolute atomic E-state index is 11.4. The van der Waals surface area contributed by atoms with Crippen molar-refractivity contribution in [3.63, 3.8) is 0 Å². The average molecular weight is 312 g/mol. The molecule has 15 heavy (non-hydrogen) atoms. The van der Waals surface area contributed by atoms with Gasteiger partial charge in [-0.2, -0.15) is 0 Å². The predicted molar refractivity (Wildman–Crippen MR) is 66.0 cm³/mol. The van der Waals surface area contributed by atoms with Gasteiger partial charge in [0.2, 0.25) is 0 Å². The summed E-state index contributed by atoms with van der Waals surface area (Å²) >= 11 is 3.38. The van der Waals surface area contributed by atoms with Gasteiger partial charge in [-0.3, -0.25) is 0 Å². The lowest BCUT2D eigenvalue weighted by Crippen LogP contribution is -2.01. The minimum atomic E-state index is -3.67. The molecule has 0 saturated heterocycles. The molecule has 0 bridgehead atoms. The number of halogens is 2. The van der Waals surface area contributed by atoms with Crippen molar-refractivity contribution in [2.45, 2.75) is 31.6 Å². The van der Waals surface area contributed by atoms with E-state index in [0.29, 0.717) is 0 Å². The first-order valence-corrected chi connectivity index (χ1v) is 7.58. The van der Waals surface area contributed by atoms with Gasteiger partial charge in [0, 0.05) is 15.2 Å². The summed E-state index contributed by atoms with van der Waals surface area (Å²) in [5.41, 5.74) is 1.60. The number of hydrogen-bond donors (Lipinski definition) is 0. The first-order chi connectivity index (χ1) is 6.73. The van der Waals surface area contributed by atoms with E-state index in [1.807, 2.05) is 26.8 Å². The summed E-state index contributed by atoms with van der Waals surface area (Å²) in [6.07, 6.45) is 0. The Labute approximate surface area is 103 Å². The SMILES string of the molecule is Cc1cc(S(=O)(=O)Cl)c(C(C)C)cc1Br. The Balaban J connectivity index is 3.56. The zero-order valence-corrected chi connectivity index (χ0v) is 11.9. The van der Waals surface area contributed by atoms with E-state index in [0.717, 1.165) is 15.6 Å². The molecule has 0 unspecified atom stereocenters. The largest absolute Gasteiger partial charge is 0.261 e. The highest BCUT2D eigenvalue weighted by Crippen LogP contribution is 2.31. The molecule has 2 nitrogen and oxygen atoms in total. The first-order valence-electron chi connectivity index (χ1n) is 4.48. The molecule has 0 aromatic heterocycles. The molecule has 0 aliphatic rings. The lowest BCUT2D eigenvalue weighted by Gasteiger charge is -2.12. The molecule has 0 aliphatic heterocycles.